The number of hydrogen-bond acceptors (Lipinski definition) is 3. The van der Waals surface area contributed by atoms with E-state index in [0.717, 1.165) is 46.8 Å². The second-order valence-electron chi connectivity index (χ2n) is 3.23. The van der Waals surface area contributed by atoms with E-state index in [4.69, 9.17) is 23.2 Å². The molecule has 0 amide bonds. The summed E-state index contributed by atoms with van der Waals surface area (Å²) in [6.45, 7) is 6.00. The van der Waals surface area contributed by atoms with Crippen molar-refractivity contribution in [2.24, 2.45) is 0 Å². The number of halogens is 2. The monoisotopic (exact) mass is 266 g/mol. The minimum Gasteiger partial charge on any atom is -0.317 e. The number of hydrogen-bond donors (Lipinski definition) is 2. The smallest absolute Gasteiger partial charge is 0.0989 e. The Labute approximate surface area is 105 Å². The average Bonchev–Trinajstić information content (AvgIpc) is 2.51. The van der Waals surface area contributed by atoms with E-state index in [1.165, 1.54) is 11.3 Å². The molecule has 0 unspecified atom stereocenters. The Morgan fingerprint density at radius 1 is 1.27 bits per heavy atom. The minimum atomic E-state index is 0.754. The fourth-order valence-corrected chi connectivity index (χ4v) is 2.72. The zero-order chi connectivity index (χ0) is 11.1. The standard InChI is InChI=1S/C10H16Cl2N2S/c1-2-13-4-3-5-14-7-8-6-9(11)15-10(8)12/h6,13-14H,2-5,7H2,1H3. The maximum absolute atomic E-state index is 5.99. The Hall–Kier alpha value is 0.200. The van der Waals surface area contributed by atoms with Crippen molar-refractivity contribution >= 4 is 34.5 Å². The molecule has 1 aromatic heterocycles. The predicted octanol–water partition coefficient (Wildman–Crippen LogP) is 3.14. The van der Waals surface area contributed by atoms with Crippen LogP contribution in [0.2, 0.25) is 8.67 Å². The molecule has 2 N–H and O–H groups in total. The molecule has 0 aliphatic heterocycles. The van der Waals surface area contributed by atoms with Crippen molar-refractivity contribution in [1.29, 1.82) is 0 Å². The first-order valence-corrected chi connectivity index (χ1v) is 6.66. The molecule has 15 heavy (non-hydrogen) atoms. The van der Waals surface area contributed by atoms with Gasteiger partial charge in [0.1, 0.15) is 0 Å². The summed E-state index contributed by atoms with van der Waals surface area (Å²) in [7, 11) is 0. The van der Waals surface area contributed by atoms with Crippen LogP contribution >= 0.6 is 34.5 Å². The van der Waals surface area contributed by atoms with Crippen LogP contribution in [0.4, 0.5) is 0 Å². The van der Waals surface area contributed by atoms with Crippen molar-refractivity contribution in [2.75, 3.05) is 19.6 Å². The molecule has 1 heterocycles. The van der Waals surface area contributed by atoms with Crippen LogP contribution in [0.25, 0.3) is 0 Å². The van der Waals surface area contributed by atoms with Crippen LogP contribution in [-0.2, 0) is 6.54 Å². The van der Waals surface area contributed by atoms with Gasteiger partial charge in [-0.05, 0) is 37.7 Å². The zero-order valence-corrected chi connectivity index (χ0v) is 11.1. The number of rotatable bonds is 7. The Morgan fingerprint density at radius 2 is 2.00 bits per heavy atom. The van der Waals surface area contributed by atoms with E-state index in [-0.39, 0.29) is 0 Å². The van der Waals surface area contributed by atoms with E-state index in [9.17, 15) is 0 Å². The largest absolute Gasteiger partial charge is 0.317 e. The molecule has 0 saturated carbocycles. The molecule has 86 valence electrons. The summed E-state index contributed by atoms with van der Waals surface area (Å²) in [6, 6.07) is 1.92. The maximum atomic E-state index is 5.99. The highest BCUT2D eigenvalue weighted by Gasteiger charge is 2.04. The molecule has 0 aromatic carbocycles. The third kappa shape index (κ3) is 5.18. The molecule has 0 radical (unpaired) electrons. The third-order valence-electron chi connectivity index (χ3n) is 2.00. The topological polar surface area (TPSA) is 24.1 Å². The van der Waals surface area contributed by atoms with Crippen molar-refractivity contribution in [3.05, 3.63) is 20.3 Å². The van der Waals surface area contributed by atoms with E-state index in [1.807, 2.05) is 6.07 Å². The summed E-state index contributed by atoms with van der Waals surface area (Å²) < 4.78 is 1.55. The van der Waals surface area contributed by atoms with Gasteiger partial charge in [0.25, 0.3) is 0 Å². The van der Waals surface area contributed by atoms with Gasteiger partial charge in [0, 0.05) is 6.54 Å². The molecule has 0 spiro atoms. The van der Waals surface area contributed by atoms with Crippen LogP contribution in [0, 0.1) is 0 Å². The maximum Gasteiger partial charge on any atom is 0.0989 e. The summed E-state index contributed by atoms with van der Waals surface area (Å²) in [5.74, 6) is 0. The molecular formula is C10H16Cl2N2S. The van der Waals surface area contributed by atoms with Gasteiger partial charge in [-0.3, -0.25) is 0 Å². The van der Waals surface area contributed by atoms with Crippen LogP contribution in [0.1, 0.15) is 18.9 Å². The van der Waals surface area contributed by atoms with Crippen LogP contribution in [0.15, 0.2) is 6.07 Å². The highest BCUT2D eigenvalue weighted by atomic mass is 35.5. The fraction of sp³-hybridized carbons (Fsp3) is 0.600. The van der Waals surface area contributed by atoms with Gasteiger partial charge >= 0.3 is 0 Å². The highest BCUT2D eigenvalue weighted by Crippen LogP contribution is 2.30. The lowest BCUT2D eigenvalue weighted by Gasteiger charge is -2.04. The SMILES string of the molecule is CCNCCCNCc1cc(Cl)sc1Cl. The lowest BCUT2D eigenvalue weighted by molar-refractivity contribution is 0.607. The lowest BCUT2D eigenvalue weighted by atomic mass is 10.3. The molecule has 0 saturated heterocycles. The fourth-order valence-electron chi connectivity index (χ4n) is 1.23. The summed E-state index contributed by atoms with van der Waals surface area (Å²) in [4.78, 5) is 0. The van der Waals surface area contributed by atoms with Gasteiger partial charge < -0.3 is 10.6 Å². The van der Waals surface area contributed by atoms with Gasteiger partial charge in [0.15, 0.2) is 0 Å². The quantitative estimate of drug-likeness (QED) is 0.742. The molecule has 5 heteroatoms. The Morgan fingerprint density at radius 3 is 2.60 bits per heavy atom. The molecule has 0 bridgehead atoms. The molecule has 1 aromatic rings. The Balaban J connectivity index is 2.12. The summed E-state index contributed by atoms with van der Waals surface area (Å²) in [5.41, 5.74) is 1.09. The number of nitrogens with one attached hydrogen (secondary N) is 2. The van der Waals surface area contributed by atoms with E-state index in [2.05, 4.69) is 17.6 Å². The number of thiophene rings is 1. The van der Waals surface area contributed by atoms with Crippen LogP contribution in [-0.4, -0.2) is 19.6 Å². The van der Waals surface area contributed by atoms with Crippen LogP contribution in [0.5, 0.6) is 0 Å². The molecule has 0 aliphatic carbocycles. The molecule has 0 atom stereocenters. The second kappa shape index (κ2) is 7.47. The third-order valence-corrected chi connectivity index (χ3v) is 3.57. The normalized spacial score (nSPS) is 10.9. The van der Waals surface area contributed by atoms with Gasteiger partial charge in [-0.2, -0.15) is 0 Å². The molecular weight excluding hydrogens is 251 g/mol. The first kappa shape index (κ1) is 13.3. The van der Waals surface area contributed by atoms with E-state index >= 15 is 0 Å². The molecule has 2 nitrogen and oxygen atoms in total. The van der Waals surface area contributed by atoms with E-state index < -0.39 is 0 Å². The van der Waals surface area contributed by atoms with Crippen LogP contribution in [0.3, 0.4) is 0 Å². The van der Waals surface area contributed by atoms with Gasteiger partial charge in [-0.15, -0.1) is 11.3 Å². The average molecular weight is 267 g/mol. The lowest BCUT2D eigenvalue weighted by Crippen LogP contribution is -2.21. The van der Waals surface area contributed by atoms with Gasteiger partial charge in [-0.1, -0.05) is 30.1 Å². The van der Waals surface area contributed by atoms with Crippen molar-refractivity contribution in [2.45, 2.75) is 19.9 Å². The Kier molecular flexibility index (Phi) is 6.61. The molecule has 0 aliphatic rings. The van der Waals surface area contributed by atoms with Crippen molar-refractivity contribution in [1.82, 2.24) is 10.6 Å². The van der Waals surface area contributed by atoms with Crippen molar-refractivity contribution < 1.29 is 0 Å². The minimum absolute atomic E-state index is 0.754. The van der Waals surface area contributed by atoms with Crippen molar-refractivity contribution in [3.63, 3.8) is 0 Å². The first-order chi connectivity index (χ1) is 7.24. The predicted molar refractivity (Wildman–Crippen MR) is 69.2 cm³/mol. The van der Waals surface area contributed by atoms with Crippen LogP contribution < -0.4 is 10.6 Å². The van der Waals surface area contributed by atoms with E-state index in [1.54, 1.807) is 0 Å². The van der Waals surface area contributed by atoms with Gasteiger partial charge in [-0.25, -0.2) is 0 Å². The second-order valence-corrected chi connectivity index (χ2v) is 5.52. The Bertz CT molecular complexity index is 289. The molecule has 0 fully saturated rings. The highest BCUT2D eigenvalue weighted by molar-refractivity contribution is 7.20. The summed E-state index contributed by atoms with van der Waals surface area (Å²) in [5, 5.41) is 6.62. The summed E-state index contributed by atoms with van der Waals surface area (Å²) in [6.07, 6.45) is 1.13. The van der Waals surface area contributed by atoms with Crippen molar-refractivity contribution in [3.8, 4) is 0 Å². The first-order valence-electron chi connectivity index (χ1n) is 5.09. The molecule has 1 rings (SSSR count). The zero-order valence-electron chi connectivity index (χ0n) is 8.78. The summed E-state index contributed by atoms with van der Waals surface area (Å²) >= 11 is 13.3. The van der Waals surface area contributed by atoms with Gasteiger partial charge in [0.2, 0.25) is 0 Å². The van der Waals surface area contributed by atoms with Gasteiger partial charge in [0.05, 0.1) is 8.67 Å². The van der Waals surface area contributed by atoms with E-state index in [0.29, 0.717) is 0 Å².